The van der Waals surface area contributed by atoms with E-state index in [9.17, 15) is 14.6 Å². The first-order chi connectivity index (χ1) is 20.7. The minimum atomic E-state index is -2.26. The van der Waals surface area contributed by atoms with E-state index in [0.29, 0.717) is 17.5 Å². The Morgan fingerprint density at radius 2 is 1.42 bits per heavy atom. The Morgan fingerprint density at radius 3 is 1.98 bits per heavy atom. The van der Waals surface area contributed by atoms with Crippen molar-refractivity contribution in [2.75, 3.05) is 0 Å². The minimum Gasteiger partial charge on any atom is -0.409 e. The predicted molar refractivity (Wildman–Crippen MR) is 189 cm³/mol. The zero-order valence-electron chi connectivity index (χ0n) is 28.6. The van der Waals surface area contributed by atoms with Gasteiger partial charge in [0.15, 0.2) is 25.0 Å². The van der Waals surface area contributed by atoms with Crippen molar-refractivity contribution in [3.63, 3.8) is 0 Å². The highest BCUT2D eigenvalue weighted by atomic mass is 32.1. The van der Waals surface area contributed by atoms with Crippen LogP contribution in [0, 0.1) is 12.7 Å². The maximum atomic E-state index is 13.5. The van der Waals surface area contributed by atoms with Gasteiger partial charge in [-0.3, -0.25) is 0 Å². The number of hydrogen-bond acceptors (Lipinski definition) is 7. The maximum absolute atomic E-state index is 13.5. The number of aliphatic hydroxyl groups is 2. The van der Waals surface area contributed by atoms with Crippen molar-refractivity contribution in [2.45, 2.75) is 115 Å². The summed E-state index contributed by atoms with van der Waals surface area (Å²) in [7, 11) is -6.46. The Morgan fingerprint density at radius 1 is 0.844 bits per heavy atom. The molecule has 1 aliphatic heterocycles. The largest absolute Gasteiger partial charge is 0.409 e. The lowest BCUT2D eigenvalue weighted by molar-refractivity contribution is -0.346. The van der Waals surface area contributed by atoms with Crippen LogP contribution >= 0.6 is 11.3 Å². The standard InChI is InChI=1S/C34H51FO6SSi3/c1-12-27-31(39-43(3,4)5)32(40-44(6,7)8)33(41-45(9,10)11)34(37,38-27)24-16-13-22(2)26(21-24)30(36)29-20-19-28(42-29)23-14-17-25(35)18-15-23/h13-21,27,30-33,36-37H,12H2,1-11H3/t27-,30?,31-,32+,33-,34?/m1/s1. The first-order valence-corrected chi connectivity index (χ1v) is 26.8. The summed E-state index contributed by atoms with van der Waals surface area (Å²) in [4.78, 5) is 1.68. The van der Waals surface area contributed by atoms with Crippen molar-refractivity contribution in [3.05, 3.63) is 82.0 Å². The molecule has 2 heterocycles. The topological polar surface area (TPSA) is 77.4 Å². The van der Waals surface area contributed by atoms with Crippen LogP contribution in [0.1, 0.15) is 41.0 Å². The van der Waals surface area contributed by atoms with Crippen LogP contribution in [-0.4, -0.2) is 59.6 Å². The molecule has 2 N–H and O–H groups in total. The lowest BCUT2D eigenvalue weighted by Crippen LogP contribution is -2.68. The molecule has 1 saturated heterocycles. The van der Waals surface area contributed by atoms with Gasteiger partial charge in [-0.15, -0.1) is 11.3 Å². The average molecular weight is 691 g/mol. The number of benzene rings is 2. The first-order valence-electron chi connectivity index (χ1n) is 15.8. The zero-order chi connectivity index (χ0) is 33.5. The molecule has 248 valence electrons. The Balaban J connectivity index is 1.80. The van der Waals surface area contributed by atoms with Crippen molar-refractivity contribution in [1.82, 2.24) is 0 Å². The van der Waals surface area contributed by atoms with Gasteiger partial charge >= 0.3 is 0 Å². The fourth-order valence-corrected chi connectivity index (χ4v) is 9.97. The quantitative estimate of drug-likeness (QED) is 0.197. The van der Waals surface area contributed by atoms with E-state index in [2.05, 4.69) is 58.9 Å². The van der Waals surface area contributed by atoms with E-state index in [4.69, 9.17) is 18.0 Å². The van der Waals surface area contributed by atoms with Gasteiger partial charge in [0.1, 0.15) is 24.1 Å². The fourth-order valence-electron chi connectivity index (χ4n) is 5.72. The highest BCUT2D eigenvalue weighted by Crippen LogP contribution is 2.45. The number of thiophene rings is 1. The van der Waals surface area contributed by atoms with E-state index in [1.165, 1.54) is 23.5 Å². The van der Waals surface area contributed by atoms with Gasteiger partial charge in [0.25, 0.3) is 0 Å². The van der Waals surface area contributed by atoms with Crippen LogP contribution in [0.25, 0.3) is 10.4 Å². The van der Waals surface area contributed by atoms with Gasteiger partial charge in [0.2, 0.25) is 5.79 Å². The van der Waals surface area contributed by atoms with Crippen molar-refractivity contribution >= 4 is 36.3 Å². The lowest BCUT2D eigenvalue weighted by atomic mass is 9.85. The predicted octanol–water partition coefficient (Wildman–Crippen LogP) is 8.56. The van der Waals surface area contributed by atoms with Gasteiger partial charge in [-0.05, 0) is 119 Å². The summed E-state index contributed by atoms with van der Waals surface area (Å²) in [5.74, 6) is -2.13. The SMILES string of the molecule is CC[C@H]1OC(O)(c2ccc(C)c(C(O)c3ccc(-c4ccc(F)cc4)s3)c2)[C@H](O[Si](C)(C)C)[C@@H](O[Si](C)(C)C)[C@@H]1O[Si](C)(C)C. The second kappa shape index (κ2) is 13.5. The molecule has 6 nitrogen and oxygen atoms in total. The van der Waals surface area contributed by atoms with Crippen molar-refractivity contribution < 1.29 is 32.6 Å². The molecule has 3 aromatic rings. The zero-order valence-corrected chi connectivity index (χ0v) is 32.4. The van der Waals surface area contributed by atoms with Crippen molar-refractivity contribution in [1.29, 1.82) is 0 Å². The van der Waals surface area contributed by atoms with Crippen LogP contribution in [0.5, 0.6) is 0 Å². The number of aryl methyl sites for hydroxylation is 1. The average Bonchev–Trinajstić information content (AvgIpc) is 3.41. The molecule has 0 bridgehead atoms. The van der Waals surface area contributed by atoms with Gasteiger partial charge in [0.05, 0.1) is 12.2 Å². The monoisotopic (exact) mass is 690 g/mol. The number of rotatable bonds is 11. The van der Waals surface area contributed by atoms with Gasteiger partial charge in [0, 0.05) is 15.3 Å². The van der Waals surface area contributed by atoms with Crippen LogP contribution in [0.4, 0.5) is 4.39 Å². The van der Waals surface area contributed by atoms with Gasteiger partial charge in [-0.2, -0.15) is 0 Å². The van der Waals surface area contributed by atoms with Crippen LogP contribution in [0.15, 0.2) is 54.6 Å². The lowest BCUT2D eigenvalue weighted by Gasteiger charge is -2.54. The summed E-state index contributed by atoms with van der Waals surface area (Å²) in [6, 6.07) is 15.8. The second-order valence-electron chi connectivity index (χ2n) is 15.0. The smallest absolute Gasteiger partial charge is 0.221 e. The van der Waals surface area contributed by atoms with Crippen molar-refractivity contribution in [2.24, 2.45) is 0 Å². The van der Waals surface area contributed by atoms with E-state index < -0.39 is 61.3 Å². The number of aliphatic hydroxyl groups excluding tert-OH is 1. The molecule has 0 spiro atoms. The molecule has 1 aromatic heterocycles. The van der Waals surface area contributed by atoms with E-state index in [1.54, 1.807) is 12.1 Å². The number of ether oxygens (including phenoxy) is 1. The first kappa shape index (κ1) is 36.3. The van der Waals surface area contributed by atoms with Gasteiger partial charge in [-0.1, -0.05) is 31.2 Å². The summed E-state index contributed by atoms with van der Waals surface area (Å²) in [6.07, 6.45) is -2.56. The van der Waals surface area contributed by atoms with E-state index in [-0.39, 0.29) is 5.82 Å². The Kier molecular flexibility index (Phi) is 10.9. The highest BCUT2D eigenvalue weighted by Gasteiger charge is 2.58. The fraction of sp³-hybridized carbons (Fsp3) is 0.529. The Bertz CT molecular complexity index is 1450. The van der Waals surface area contributed by atoms with Crippen LogP contribution < -0.4 is 0 Å². The molecule has 0 amide bonds. The van der Waals surface area contributed by atoms with Gasteiger partial charge in [-0.25, -0.2) is 4.39 Å². The molecular formula is C34H51FO6SSi3. The number of hydrogen-bond donors (Lipinski definition) is 2. The third kappa shape index (κ3) is 8.89. The molecule has 1 fully saturated rings. The molecule has 2 aromatic carbocycles. The molecule has 0 aliphatic carbocycles. The number of halogens is 1. The molecule has 2 unspecified atom stereocenters. The molecule has 6 atom stereocenters. The highest BCUT2D eigenvalue weighted by molar-refractivity contribution is 7.15. The second-order valence-corrected chi connectivity index (χ2v) is 29.5. The maximum Gasteiger partial charge on any atom is 0.221 e. The summed E-state index contributed by atoms with van der Waals surface area (Å²) in [5, 5.41) is 24.4. The molecule has 4 rings (SSSR count). The van der Waals surface area contributed by atoms with Crippen LogP contribution in [0.2, 0.25) is 58.9 Å². The summed E-state index contributed by atoms with van der Waals surface area (Å²) >= 11 is 1.46. The van der Waals surface area contributed by atoms with Gasteiger partial charge < -0.3 is 28.2 Å². The third-order valence-corrected chi connectivity index (χ3v) is 11.7. The molecule has 0 radical (unpaired) electrons. The van der Waals surface area contributed by atoms with Crippen molar-refractivity contribution in [3.8, 4) is 10.4 Å². The van der Waals surface area contributed by atoms with Crippen LogP contribution in [0.3, 0.4) is 0 Å². The van der Waals surface area contributed by atoms with E-state index >= 15 is 0 Å². The summed E-state index contributed by atoms with van der Waals surface area (Å²) < 4.78 is 40.7. The summed E-state index contributed by atoms with van der Waals surface area (Å²) in [5.41, 5.74) is 2.94. The molecular weight excluding hydrogens is 640 g/mol. The van der Waals surface area contributed by atoms with E-state index in [0.717, 1.165) is 20.9 Å². The molecule has 45 heavy (non-hydrogen) atoms. The van der Waals surface area contributed by atoms with Crippen LogP contribution in [-0.2, 0) is 23.8 Å². The minimum absolute atomic E-state index is 0.288. The third-order valence-electron chi connectivity index (χ3n) is 7.58. The molecule has 1 aliphatic rings. The molecule has 11 heteroatoms. The van der Waals surface area contributed by atoms with E-state index in [1.807, 2.05) is 44.2 Å². The Hall–Kier alpha value is -1.52. The summed E-state index contributed by atoms with van der Waals surface area (Å²) in [6.45, 7) is 23.2. The Labute approximate surface area is 275 Å². The normalized spacial score (nSPS) is 25.4. The molecule has 0 saturated carbocycles.